The molecule has 24 heavy (non-hydrogen) atoms. The van der Waals surface area contributed by atoms with Crippen molar-refractivity contribution in [3.63, 3.8) is 0 Å². The number of rotatable bonds is 6. The molecule has 0 bridgehead atoms. The lowest BCUT2D eigenvalue weighted by Crippen LogP contribution is -2.08. The molecule has 0 aliphatic carbocycles. The van der Waals surface area contributed by atoms with E-state index >= 15 is 0 Å². The van der Waals surface area contributed by atoms with Gasteiger partial charge in [0, 0.05) is 12.1 Å². The summed E-state index contributed by atoms with van der Waals surface area (Å²) in [6.07, 6.45) is 2.81. The van der Waals surface area contributed by atoms with Crippen LogP contribution in [0.15, 0.2) is 36.4 Å². The van der Waals surface area contributed by atoms with Gasteiger partial charge >= 0.3 is 0 Å². The van der Waals surface area contributed by atoms with Gasteiger partial charge in [-0.2, -0.15) is 5.26 Å². The maximum atomic E-state index is 9.41. The Kier molecular flexibility index (Phi) is 6.04. The summed E-state index contributed by atoms with van der Waals surface area (Å²) < 4.78 is 0. The van der Waals surface area contributed by atoms with E-state index in [9.17, 15) is 5.26 Å². The predicted octanol–water partition coefficient (Wildman–Crippen LogP) is 5.13. The molecule has 0 saturated carbocycles. The average molecular weight is 320 g/mol. The molecule has 0 aromatic heterocycles. The number of benzene rings is 2. The first-order valence-corrected chi connectivity index (χ1v) is 8.78. The van der Waals surface area contributed by atoms with Crippen LogP contribution in [0.1, 0.15) is 55.5 Å². The fourth-order valence-corrected chi connectivity index (χ4v) is 3.22. The molecule has 0 radical (unpaired) electrons. The molecule has 126 valence electrons. The van der Waals surface area contributed by atoms with Crippen molar-refractivity contribution in [2.45, 2.75) is 47.0 Å². The van der Waals surface area contributed by atoms with E-state index in [1.54, 1.807) is 0 Å². The van der Waals surface area contributed by atoms with E-state index in [4.69, 9.17) is 5.73 Å². The third kappa shape index (κ3) is 4.61. The first-order chi connectivity index (χ1) is 11.4. The molecule has 2 aromatic rings. The lowest BCUT2D eigenvalue weighted by Gasteiger charge is -2.19. The van der Waals surface area contributed by atoms with Crippen molar-refractivity contribution in [3.05, 3.63) is 64.2 Å². The molecule has 0 aliphatic rings. The third-order valence-electron chi connectivity index (χ3n) is 4.24. The topological polar surface area (TPSA) is 49.8 Å². The Hall–Kier alpha value is -2.27. The van der Waals surface area contributed by atoms with Crippen molar-refractivity contribution in [1.29, 1.82) is 5.26 Å². The van der Waals surface area contributed by atoms with E-state index in [1.807, 2.05) is 18.2 Å². The summed E-state index contributed by atoms with van der Waals surface area (Å²) in [7, 11) is 0. The fraction of sp³-hybridized carbons (Fsp3) is 0.409. The van der Waals surface area contributed by atoms with Crippen molar-refractivity contribution in [2.24, 2.45) is 11.8 Å². The maximum Gasteiger partial charge on any atom is 0.0991 e. The lowest BCUT2D eigenvalue weighted by molar-refractivity contribution is 0.629. The Morgan fingerprint density at radius 1 is 0.917 bits per heavy atom. The van der Waals surface area contributed by atoms with Gasteiger partial charge in [-0.25, -0.2) is 0 Å². The van der Waals surface area contributed by atoms with Crippen LogP contribution in [0.5, 0.6) is 0 Å². The van der Waals surface area contributed by atoms with Crippen molar-refractivity contribution >= 4 is 5.69 Å². The van der Waals surface area contributed by atoms with Gasteiger partial charge < -0.3 is 5.73 Å². The van der Waals surface area contributed by atoms with E-state index < -0.39 is 0 Å². The Bertz CT molecular complexity index is 705. The zero-order chi connectivity index (χ0) is 17.7. The number of nitrogens with two attached hydrogens (primary N) is 1. The number of nitrogens with zero attached hydrogens (tertiary/aromatic N) is 1. The molecule has 0 atom stereocenters. The summed E-state index contributed by atoms with van der Waals surface area (Å²) in [5.41, 5.74) is 12.9. The average Bonchev–Trinajstić information content (AvgIpc) is 2.50. The monoisotopic (exact) mass is 320 g/mol. The Balaban J connectivity index is 2.55. The van der Waals surface area contributed by atoms with Gasteiger partial charge in [-0.3, -0.25) is 0 Å². The first-order valence-electron chi connectivity index (χ1n) is 8.78. The summed E-state index contributed by atoms with van der Waals surface area (Å²) in [6, 6.07) is 14.5. The van der Waals surface area contributed by atoms with Crippen LogP contribution in [0, 0.1) is 23.2 Å². The summed E-state index contributed by atoms with van der Waals surface area (Å²) in [4.78, 5) is 0. The van der Waals surface area contributed by atoms with Gasteiger partial charge in [0.25, 0.3) is 0 Å². The molecule has 0 amide bonds. The molecule has 2 aromatic carbocycles. The standard InChI is InChI=1S/C22H28N2/c1-15(2)9-19-11-17(14-23)12-20(10-16(3)4)21(19)13-18-7-5-6-8-22(18)24/h5-8,11-12,15-16H,9-10,13,24H2,1-4H3. The second-order valence-electron chi connectivity index (χ2n) is 7.46. The van der Waals surface area contributed by atoms with E-state index in [2.05, 4.69) is 52.0 Å². The smallest absolute Gasteiger partial charge is 0.0991 e. The summed E-state index contributed by atoms with van der Waals surface area (Å²) >= 11 is 0. The minimum Gasteiger partial charge on any atom is -0.398 e. The second kappa shape index (κ2) is 8.02. The van der Waals surface area contributed by atoms with Gasteiger partial charge in [0.2, 0.25) is 0 Å². The number of para-hydroxylation sites is 1. The molecule has 0 saturated heterocycles. The van der Waals surface area contributed by atoms with Crippen LogP contribution in [0.4, 0.5) is 5.69 Å². The van der Waals surface area contributed by atoms with Gasteiger partial charge in [-0.1, -0.05) is 45.9 Å². The highest BCUT2D eigenvalue weighted by Gasteiger charge is 2.15. The predicted molar refractivity (Wildman–Crippen MR) is 102 cm³/mol. The van der Waals surface area contributed by atoms with E-state index in [0.717, 1.165) is 36.1 Å². The van der Waals surface area contributed by atoms with E-state index in [1.165, 1.54) is 16.7 Å². The molecular weight excluding hydrogens is 292 g/mol. The number of nitrogen functional groups attached to an aromatic ring is 1. The number of anilines is 1. The highest BCUT2D eigenvalue weighted by molar-refractivity contribution is 5.52. The molecule has 2 heteroatoms. The van der Waals surface area contributed by atoms with Crippen LogP contribution in [0.3, 0.4) is 0 Å². The number of nitriles is 1. The van der Waals surface area contributed by atoms with Gasteiger partial charge in [0.1, 0.15) is 0 Å². The van der Waals surface area contributed by atoms with Gasteiger partial charge in [-0.15, -0.1) is 0 Å². The fourth-order valence-electron chi connectivity index (χ4n) is 3.22. The van der Waals surface area contributed by atoms with Crippen LogP contribution in [0.2, 0.25) is 0 Å². The Morgan fingerprint density at radius 3 is 1.92 bits per heavy atom. The van der Waals surface area contributed by atoms with Gasteiger partial charge in [0.15, 0.2) is 0 Å². The van der Waals surface area contributed by atoms with Crippen molar-refractivity contribution in [1.82, 2.24) is 0 Å². The van der Waals surface area contributed by atoms with Gasteiger partial charge in [-0.05, 0) is 65.1 Å². The largest absolute Gasteiger partial charge is 0.398 e. The van der Waals surface area contributed by atoms with Crippen molar-refractivity contribution < 1.29 is 0 Å². The van der Waals surface area contributed by atoms with Crippen LogP contribution in [-0.4, -0.2) is 0 Å². The zero-order valence-corrected chi connectivity index (χ0v) is 15.3. The van der Waals surface area contributed by atoms with Crippen LogP contribution in [0.25, 0.3) is 0 Å². The molecule has 0 unspecified atom stereocenters. The maximum absolute atomic E-state index is 9.41. The van der Waals surface area contributed by atoms with Crippen LogP contribution >= 0.6 is 0 Å². The number of hydrogen-bond acceptors (Lipinski definition) is 2. The molecular formula is C22H28N2. The minimum atomic E-state index is 0.553. The third-order valence-corrected chi connectivity index (χ3v) is 4.24. The zero-order valence-electron chi connectivity index (χ0n) is 15.3. The normalized spacial score (nSPS) is 11.0. The molecule has 0 heterocycles. The van der Waals surface area contributed by atoms with E-state index in [0.29, 0.717) is 11.8 Å². The molecule has 0 aliphatic heterocycles. The van der Waals surface area contributed by atoms with Crippen LogP contribution < -0.4 is 5.73 Å². The highest BCUT2D eigenvalue weighted by Crippen LogP contribution is 2.27. The number of hydrogen-bond donors (Lipinski definition) is 1. The van der Waals surface area contributed by atoms with Gasteiger partial charge in [0.05, 0.1) is 11.6 Å². The minimum absolute atomic E-state index is 0.553. The Morgan fingerprint density at radius 2 is 1.46 bits per heavy atom. The summed E-state index contributed by atoms with van der Waals surface area (Å²) in [6.45, 7) is 8.90. The first kappa shape index (κ1) is 18.1. The summed E-state index contributed by atoms with van der Waals surface area (Å²) in [5, 5.41) is 9.41. The summed E-state index contributed by atoms with van der Waals surface area (Å²) in [5.74, 6) is 1.11. The molecule has 2 nitrogen and oxygen atoms in total. The second-order valence-corrected chi connectivity index (χ2v) is 7.46. The lowest BCUT2D eigenvalue weighted by atomic mass is 9.86. The molecule has 2 rings (SSSR count). The van der Waals surface area contributed by atoms with Crippen molar-refractivity contribution in [3.8, 4) is 6.07 Å². The molecule has 0 spiro atoms. The highest BCUT2D eigenvalue weighted by atomic mass is 14.6. The van der Waals surface area contributed by atoms with Crippen molar-refractivity contribution in [2.75, 3.05) is 5.73 Å². The molecule has 2 N–H and O–H groups in total. The molecule has 0 fully saturated rings. The quantitative estimate of drug-likeness (QED) is 0.750. The SMILES string of the molecule is CC(C)Cc1cc(C#N)cc(CC(C)C)c1Cc1ccccc1N. The van der Waals surface area contributed by atoms with Crippen LogP contribution in [-0.2, 0) is 19.3 Å². The Labute approximate surface area is 146 Å². The van der Waals surface area contributed by atoms with E-state index in [-0.39, 0.29) is 0 Å².